The van der Waals surface area contributed by atoms with Crippen LogP contribution < -0.4 is 5.32 Å². The molecule has 0 amide bonds. The van der Waals surface area contributed by atoms with Crippen LogP contribution in [-0.2, 0) is 13.1 Å². The van der Waals surface area contributed by atoms with Gasteiger partial charge in [-0.3, -0.25) is 0 Å². The van der Waals surface area contributed by atoms with Crippen LogP contribution in [0.4, 0.5) is 4.39 Å². The number of nitrogens with zero attached hydrogens (tertiary/aromatic N) is 1. The molecule has 1 aromatic carbocycles. The Bertz CT molecular complexity index is 419. The molecule has 1 aliphatic rings. The first-order valence-corrected chi connectivity index (χ1v) is 7.26. The molecular weight excluding hydrogens is 239 g/mol. The third-order valence-corrected chi connectivity index (χ3v) is 3.95. The highest BCUT2D eigenvalue weighted by Crippen LogP contribution is 2.38. The van der Waals surface area contributed by atoms with Gasteiger partial charge in [0.05, 0.1) is 0 Å². The summed E-state index contributed by atoms with van der Waals surface area (Å²) >= 11 is 0. The highest BCUT2D eigenvalue weighted by Gasteiger charge is 2.33. The predicted molar refractivity (Wildman–Crippen MR) is 77.4 cm³/mol. The highest BCUT2D eigenvalue weighted by molar-refractivity contribution is 5.25. The average Bonchev–Trinajstić information content (AvgIpc) is 3.05. The molecule has 106 valence electrons. The van der Waals surface area contributed by atoms with Crippen molar-refractivity contribution < 1.29 is 4.39 Å². The lowest BCUT2D eigenvalue weighted by atomic mass is 10.1. The van der Waals surface area contributed by atoms with Gasteiger partial charge in [-0.1, -0.05) is 26.0 Å². The summed E-state index contributed by atoms with van der Waals surface area (Å²) in [6.45, 7) is 7.90. The summed E-state index contributed by atoms with van der Waals surface area (Å²) < 4.78 is 13.8. The summed E-state index contributed by atoms with van der Waals surface area (Å²) in [6, 6.07) is 5.45. The van der Waals surface area contributed by atoms with Crippen LogP contribution in [0.15, 0.2) is 18.2 Å². The van der Waals surface area contributed by atoms with Crippen molar-refractivity contribution in [3.8, 4) is 0 Å². The van der Waals surface area contributed by atoms with Gasteiger partial charge in [0.25, 0.3) is 0 Å². The maximum atomic E-state index is 13.8. The standard InChI is InChI=1S/C16H25FN2/c1-4-18-9-13-5-6-16(17)15(8-13)11-19(3)10-14-7-12(14)2/h5-6,8,12,14,18H,4,7,9-11H2,1-3H3. The summed E-state index contributed by atoms with van der Waals surface area (Å²) in [5.41, 5.74) is 1.97. The van der Waals surface area contributed by atoms with Gasteiger partial charge in [-0.25, -0.2) is 4.39 Å². The summed E-state index contributed by atoms with van der Waals surface area (Å²) in [4.78, 5) is 2.24. The Labute approximate surface area is 116 Å². The van der Waals surface area contributed by atoms with Crippen molar-refractivity contribution >= 4 is 0 Å². The van der Waals surface area contributed by atoms with E-state index in [0.717, 1.165) is 42.6 Å². The van der Waals surface area contributed by atoms with Gasteiger partial charge >= 0.3 is 0 Å². The maximum Gasteiger partial charge on any atom is 0.127 e. The Morgan fingerprint density at radius 3 is 2.79 bits per heavy atom. The molecule has 0 bridgehead atoms. The fourth-order valence-electron chi connectivity index (χ4n) is 2.54. The summed E-state index contributed by atoms with van der Waals surface area (Å²) in [6.07, 6.45) is 1.33. The molecule has 2 unspecified atom stereocenters. The van der Waals surface area contributed by atoms with Gasteiger partial charge in [0, 0.05) is 25.2 Å². The van der Waals surface area contributed by atoms with E-state index >= 15 is 0 Å². The molecule has 1 N–H and O–H groups in total. The van der Waals surface area contributed by atoms with E-state index in [1.807, 2.05) is 12.1 Å². The van der Waals surface area contributed by atoms with Gasteiger partial charge in [-0.15, -0.1) is 0 Å². The molecule has 1 aliphatic carbocycles. The smallest absolute Gasteiger partial charge is 0.127 e. The molecule has 1 saturated carbocycles. The van der Waals surface area contributed by atoms with Crippen molar-refractivity contribution in [3.05, 3.63) is 35.1 Å². The predicted octanol–water partition coefficient (Wildman–Crippen LogP) is 3.02. The zero-order chi connectivity index (χ0) is 13.8. The van der Waals surface area contributed by atoms with E-state index < -0.39 is 0 Å². The summed E-state index contributed by atoms with van der Waals surface area (Å²) in [7, 11) is 2.08. The van der Waals surface area contributed by atoms with Crippen LogP contribution in [0.3, 0.4) is 0 Å². The Balaban J connectivity index is 1.93. The molecule has 0 aromatic heterocycles. The minimum atomic E-state index is -0.0871. The highest BCUT2D eigenvalue weighted by atomic mass is 19.1. The number of hydrogen-bond donors (Lipinski definition) is 1. The average molecular weight is 264 g/mol. The van der Waals surface area contributed by atoms with Crippen LogP contribution >= 0.6 is 0 Å². The quantitative estimate of drug-likeness (QED) is 0.814. The van der Waals surface area contributed by atoms with E-state index in [0.29, 0.717) is 6.54 Å². The minimum Gasteiger partial charge on any atom is -0.313 e. The molecule has 0 aliphatic heterocycles. The van der Waals surface area contributed by atoms with E-state index in [1.165, 1.54) is 6.42 Å². The molecule has 0 heterocycles. The SMILES string of the molecule is CCNCc1ccc(F)c(CN(C)CC2CC2C)c1. The Hall–Kier alpha value is -0.930. The van der Waals surface area contributed by atoms with Crippen molar-refractivity contribution in [1.82, 2.24) is 10.2 Å². The van der Waals surface area contributed by atoms with Crippen molar-refractivity contribution in [2.24, 2.45) is 11.8 Å². The number of nitrogens with one attached hydrogen (secondary N) is 1. The monoisotopic (exact) mass is 264 g/mol. The lowest BCUT2D eigenvalue weighted by molar-refractivity contribution is 0.303. The second-order valence-electron chi connectivity index (χ2n) is 5.88. The lowest BCUT2D eigenvalue weighted by Crippen LogP contribution is -2.22. The molecule has 2 nitrogen and oxygen atoms in total. The van der Waals surface area contributed by atoms with Crippen molar-refractivity contribution in [1.29, 1.82) is 0 Å². The van der Waals surface area contributed by atoms with Crippen LogP contribution in [0.5, 0.6) is 0 Å². The van der Waals surface area contributed by atoms with Crippen molar-refractivity contribution in [3.63, 3.8) is 0 Å². The van der Waals surface area contributed by atoms with Gasteiger partial charge in [0.15, 0.2) is 0 Å². The Kier molecular flexibility index (Phi) is 4.94. The largest absolute Gasteiger partial charge is 0.313 e. The van der Waals surface area contributed by atoms with Gasteiger partial charge < -0.3 is 10.2 Å². The molecule has 19 heavy (non-hydrogen) atoms. The van der Waals surface area contributed by atoms with E-state index in [1.54, 1.807) is 6.07 Å². The van der Waals surface area contributed by atoms with E-state index in [4.69, 9.17) is 0 Å². The maximum absolute atomic E-state index is 13.8. The van der Waals surface area contributed by atoms with E-state index in [9.17, 15) is 4.39 Å². The normalized spacial score (nSPS) is 21.9. The van der Waals surface area contributed by atoms with Crippen LogP contribution in [0.2, 0.25) is 0 Å². The third kappa shape index (κ3) is 4.29. The van der Waals surface area contributed by atoms with Crippen LogP contribution in [-0.4, -0.2) is 25.0 Å². The lowest BCUT2D eigenvalue weighted by Gasteiger charge is -2.17. The summed E-state index contributed by atoms with van der Waals surface area (Å²) in [5.74, 6) is 1.58. The van der Waals surface area contributed by atoms with Crippen molar-refractivity contribution in [2.45, 2.75) is 33.4 Å². The molecule has 0 radical (unpaired) electrons. The van der Waals surface area contributed by atoms with E-state index in [-0.39, 0.29) is 5.82 Å². The Morgan fingerprint density at radius 2 is 2.16 bits per heavy atom. The molecule has 0 spiro atoms. The Morgan fingerprint density at radius 1 is 1.42 bits per heavy atom. The van der Waals surface area contributed by atoms with Crippen molar-refractivity contribution in [2.75, 3.05) is 20.1 Å². The number of halogens is 1. The zero-order valence-electron chi connectivity index (χ0n) is 12.2. The fraction of sp³-hybridized carbons (Fsp3) is 0.625. The summed E-state index contributed by atoms with van der Waals surface area (Å²) in [5, 5.41) is 3.28. The molecule has 1 aromatic rings. The fourth-order valence-corrected chi connectivity index (χ4v) is 2.54. The topological polar surface area (TPSA) is 15.3 Å². The first kappa shape index (κ1) is 14.5. The molecular formula is C16H25FN2. The zero-order valence-corrected chi connectivity index (χ0v) is 12.2. The number of rotatable bonds is 7. The van der Waals surface area contributed by atoms with Crippen LogP contribution in [0.25, 0.3) is 0 Å². The molecule has 1 fully saturated rings. The molecule has 0 saturated heterocycles. The van der Waals surface area contributed by atoms with Gasteiger partial charge in [-0.2, -0.15) is 0 Å². The van der Waals surface area contributed by atoms with E-state index in [2.05, 4.69) is 31.1 Å². The second-order valence-corrected chi connectivity index (χ2v) is 5.88. The second kappa shape index (κ2) is 6.49. The number of benzene rings is 1. The third-order valence-electron chi connectivity index (χ3n) is 3.95. The first-order chi connectivity index (χ1) is 9.10. The van der Waals surface area contributed by atoms with Crippen LogP contribution in [0, 0.1) is 17.7 Å². The molecule has 2 rings (SSSR count). The van der Waals surface area contributed by atoms with Gasteiger partial charge in [0.1, 0.15) is 5.82 Å². The van der Waals surface area contributed by atoms with Gasteiger partial charge in [0.2, 0.25) is 0 Å². The van der Waals surface area contributed by atoms with Gasteiger partial charge in [-0.05, 0) is 43.5 Å². The minimum absolute atomic E-state index is 0.0871. The molecule has 3 heteroatoms. The molecule has 2 atom stereocenters. The number of hydrogen-bond acceptors (Lipinski definition) is 2. The first-order valence-electron chi connectivity index (χ1n) is 7.26. The van der Waals surface area contributed by atoms with Crippen LogP contribution in [0.1, 0.15) is 31.4 Å².